The summed E-state index contributed by atoms with van der Waals surface area (Å²) >= 11 is 0.999. The van der Waals surface area contributed by atoms with Gasteiger partial charge in [-0.15, -0.1) is 11.3 Å². The number of ether oxygens (including phenoxy) is 2. The zero-order valence-electron chi connectivity index (χ0n) is 19.3. The maximum Gasteiger partial charge on any atom is 0.348 e. The number of anilines is 2. The number of thiophene rings is 1. The molecule has 2 N–H and O–H groups in total. The number of carbonyl (C=O) groups is 3. The average Bonchev–Trinajstić information content (AvgIpc) is 3.14. The number of benzene rings is 1. The van der Waals surface area contributed by atoms with Crippen LogP contribution >= 0.6 is 11.3 Å². The van der Waals surface area contributed by atoms with Crippen molar-refractivity contribution in [3.8, 4) is 5.75 Å². The van der Waals surface area contributed by atoms with Crippen LogP contribution in [0.5, 0.6) is 5.75 Å². The van der Waals surface area contributed by atoms with E-state index >= 15 is 0 Å². The zero-order valence-corrected chi connectivity index (χ0v) is 20.2. The van der Waals surface area contributed by atoms with E-state index in [1.165, 1.54) is 6.08 Å². The van der Waals surface area contributed by atoms with Gasteiger partial charge in [0.15, 0.2) is 0 Å². The van der Waals surface area contributed by atoms with Gasteiger partial charge in [0.25, 0.3) is 0 Å². The number of hydrogen-bond acceptors (Lipinski definition) is 9. The summed E-state index contributed by atoms with van der Waals surface area (Å²) < 4.78 is 10.2. The van der Waals surface area contributed by atoms with Gasteiger partial charge in [-0.3, -0.25) is 9.69 Å². The standard InChI is InChI=1S/C24H29N3O6S/c1-4-14-33-24(31)21-16(3)20(23(30)32-5-2)22(34-21)25-19(29)15-26-10-12-27(13-11-26)17-6-8-18(28)9-7-17/h4,6-9,28H,1,5,10-15H2,2-3H3,(H,25,29). The summed E-state index contributed by atoms with van der Waals surface area (Å²) in [5, 5.41) is 12.5. The third-order valence-electron chi connectivity index (χ3n) is 5.35. The average molecular weight is 488 g/mol. The molecule has 0 aliphatic carbocycles. The molecule has 1 saturated heterocycles. The molecule has 9 nitrogen and oxygen atoms in total. The Morgan fingerprint density at radius 1 is 1.12 bits per heavy atom. The summed E-state index contributed by atoms with van der Waals surface area (Å²) in [5.41, 5.74) is 1.60. The lowest BCUT2D eigenvalue weighted by Crippen LogP contribution is -2.48. The first-order valence-electron chi connectivity index (χ1n) is 11.0. The fourth-order valence-corrected chi connectivity index (χ4v) is 4.75. The molecule has 2 heterocycles. The fraction of sp³-hybridized carbons (Fsp3) is 0.375. The number of hydrogen-bond donors (Lipinski definition) is 2. The Bertz CT molecular complexity index is 1040. The normalized spacial score (nSPS) is 13.9. The van der Waals surface area contributed by atoms with Crippen molar-refractivity contribution in [2.24, 2.45) is 0 Å². The van der Waals surface area contributed by atoms with Crippen LogP contribution in [0.2, 0.25) is 0 Å². The van der Waals surface area contributed by atoms with Crippen LogP contribution in [0, 0.1) is 6.92 Å². The third-order valence-corrected chi connectivity index (χ3v) is 6.54. The van der Waals surface area contributed by atoms with Gasteiger partial charge in [-0.1, -0.05) is 12.7 Å². The monoisotopic (exact) mass is 487 g/mol. The van der Waals surface area contributed by atoms with E-state index in [0.29, 0.717) is 18.7 Å². The molecule has 0 radical (unpaired) electrons. The number of nitrogens with one attached hydrogen (secondary N) is 1. The van der Waals surface area contributed by atoms with Gasteiger partial charge in [-0.05, 0) is 43.7 Å². The molecule has 1 aliphatic rings. The molecule has 0 saturated carbocycles. The molecule has 3 rings (SSSR count). The number of carbonyl (C=O) groups excluding carboxylic acids is 3. The van der Waals surface area contributed by atoms with E-state index in [-0.39, 0.29) is 46.9 Å². The van der Waals surface area contributed by atoms with Gasteiger partial charge >= 0.3 is 11.9 Å². The first-order valence-corrected chi connectivity index (χ1v) is 11.8. The highest BCUT2D eigenvalue weighted by Gasteiger charge is 2.28. The van der Waals surface area contributed by atoms with Crippen LogP contribution in [0.3, 0.4) is 0 Å². The van der Waals surface area contributed by atoms with Crippen LogP contribution in [0.15, 0.2) is 36.9 Å². The minimum Gasteiger partial charge on any atom is -0.508 e. The molecule has 10 heteroatoms. The molecule has 0 spiro atoms. The van der Waals surface area contributed by atoms with E-state index < -0.39 is 11.9 Å². The van der Waals surface area contributed by atoms with Crippen LogP contribution in [0.4, 0.5) is 10.7 Å². The Morgan fingerprint density at radius 2 is 1.79 bits per heavy atom. The Morgan fingerprint density at radius 3 is 2.41 bits per heavy atom. The highest BCUT2D eigenvalue weighted by molar-refractivity contribution is 7.18. The second-order valence-corrected chi connectivity index (χ2v) is 8.72. The summed E-state index contributed by atoms with van der Waals surface area (Å²) in [7, 11) is 0. The molecule has 0 bridgehead atoms. The van der Waals surface area contributed by atoms with E-state index in [2.05, 4.69) is 16.8 Å². The summed E-state index contributed by atoms with van der Waals surface area (Å²) in [6, 6.07) is 7.04. The van der Waals surface area contributed by atoms with Crippen molar-refractivity contribution < 1.29 is 29.0 Å². The van der Waals surface area contributed by atoms with Crippen molar-refractivity contribution in [1.82, 2.24) is 4.90 Å². The van der Waals surface area contributed by atoms with E-state index in [1.807, 2.05) is 17.0 Å². The number of nitrogens with zero attached hydrogens (tertiary/aromatic N) is 2. The predicted molar refractivity (Wildman–Crippen MR) is 131 cm³/mol. The number of rotatable bonds is 9. The van der Waals surface area contributed by atoms with Gasteiger partial charge in [-0.25, -0.2) is 9.59 Å². The van der Waals surface area contributed by atoms with E-state index in [4.69, 9.17) is 9.47 Å². The number of phenols is 1. The highest BCUT2D eigenvalue weighted by atomic mass is 32.1. The van der Waals surface area contributed by atoms with Gasteiger partial charge in [0.1, 0.15) is 22.2 Å². The molecule has 1 fully saturated rings. The van der Waals surface area contributed by atoms with E-state index in [9.17, 15) is 19.5 Å². The number of esters is 2. The van der Waals surface area contributed by atoms with Crippen molar-refractivity contribution in [3.05, 3.63) is 52.9 Å². The summed E-state index contributed by atoms with van der Waals surface area (Å²) in [6.45, 7) is 10.1. The largest absolute Gasteiger partial charge is 0.508 e. The molecule has 1 aromatic carbocycles. The molecule has 0 atom stereocenters. The third kappa shape index (κ3) is 6.15. The van der Waals surface area contributed by atoms with Crippen molar-refractivity contribution in [2.75, 3.05) is 56.2 Å². The van der Waals surface area contributed by atoms with Crippen LogP contribution in [0.25, 0.3) is 0 Å². The summed E-state index contributed by atoms with van der Waals surface area (Å²) in [4.78, 5) is 42.2. The van der Waals surface area contributed by atoms with Crippen LogP contribution < -0.4 is 10.2 Å². The van der Waals surface area contributed by atoms with Gasteiger partial charge in [-0.2, -0.15) is 0 Å². The van der Waals surface area contributed by atoms with Crippen LogP contribution in [-0.2, 0) is 14.3 Å². The number of amides is 1. The second kappa shape index (κ2) is 11.7. The SMILES string of the molecule is C=CCOC(=O)c1sc(NC(=O)CN2CCN(c3ccc(O)cc3)CC2)c(C(=O)OCC)c1C. The molecule has 1 aromatic heterocycles. The van der Waals surface area contributed by atoms with Crippen molar-refractivity contribution in [1.29, 1.82) is 0 Å². The fourth-order valence-electron chi connectivity index (χ4n) is 3.64. The van der Waals surface area contributed by atoms with Gasteiger partial charge < -0.3 is 24.8 Å². The minimum atomic E-state index is -0.600. The van der Waals surface area contributed by atoms with Gasteiger partial charge in [0, 0.05) is 31.9 Å². The Labute approximate surface area is 202 Å². The number of piperazine rings is 1. The van der Waals surface area contributed by atoms with Crippen LogP contribution in [0.1, 0.15) is 32.5 Å². The first kappa shape index (κ1) is 25.3. The summed E-state index contributed by atoms with van der Waals surface area (Å²) in [5.74, 6) is -1.24. The van der Waals surface area contributed by atoms with Crippen molar-refractivity contribution in [2.45, 2.75) is 13.8 Å². The Hall–Kier alpha value is -3.37. The molecule has 2 aromatic rings. The quantitative estimate of drug-likeness (QED) is 0.411. The van der Waals surface area contributed by atoms with E-state index in [0.717, 1.165) is 30.1 Å². The molecule has 1 aliphatic heterocycles. The maximum atomic E-state index is 12.8. The topological polar surface area (TPSA) is 108 Å². The molecule has 1 amide bonds. The second-order valence-electron chi connectivity index (χ2n) is 7.70. The molecular weight excluding hydrogens is 458 g/mol. The van der Waals surface area contributed by atoms with Crippen molar-refractivity contribution in [3.63, 3.8) is 0 Å². The minimum absolute atomic E-state index is 0.0444. The highest BCUT2D eigenvalue weighted by Crippen LogP contribution is 2.34. The smallest absolute Gasteiger partial charge is 0.348 e. The van der Waals surface area contributed by atoms with Gasteiger partial charge in [0.05, 0.1) is 18.7 Å². The molecule has 0 unspecified atom stereocenters. The Kier molecular flexibility index (Phi) is 8.67. The summed E-state index contributed by atoms with van der Waals surface area (Å²) in [6.07, 6.45) is 1.46. The van der Waals surface area contributed by atoms with Gasteiger partial charge in [0.2, 0.25) is 5.91 Å². The first-order chi connectivity index (χ1) is 16.3. The zero-order chi connectivity index (χ0) is 24.7. The Balaban J connectivity index is 1.65. The lowest BCUT2D eigenvalue weighted by Gasteiger charge is -2.35. The lowest BCUT2D eigenvalue weighted by atomic mass is 10.1. The number of aromatic hydroxyl groups is 1. The predicted octanol–water partition coefficient (Wildman–Crippen LogP) is 3.04. The molecule has 182 valence electrons. The number of phenolic OH excluding ortho intramolecular Hbond substituents is 1. The maximum absolute atomic E-state index is 12.8. The molecule has 34 heavy (non-hydrogen) atoms. The van der Waals surface area contributed by atoms with E-state index in [1.54, 1.807) is 26.0 Å². The molecular formula is C24H29N3O6S. The van der Waals surface area contributed by atoms with Crippen molar-refractivity contribution >= 4 is 39.9 Å². The lowest BCUT2D eigenvalue weighted by molar-refractivity contribution is -0.117. The van der Waals surface area contributed by atoms with Crippen LogP contribution in [-0.4, -0.2) is 73.8 Å².